The van der Waals surface area contributed by atoms with E-state index in [1.807, 2.05) is 0 Å². The molecule has 5 heteroatoms. The minimum atomic E-state index is -0.182. The largest absolute Gasteiger partial charge is 0.356 e. The summed E-state index contributed by atoms with van der Waals surface area (Å²) < 4.78 is 0. The van der Waals surface area contributed by atoms with Gasteiger partial charge in [-0.25, -0.2) is 0 Å². The molecule has 0 saturated heterocycles. The van der Waals surface area contributed by atoms with Gasteiger partial charge in [-0.3, -0.25) is 4.79 Å². The smallest absolute Gasteiger partial charge is 0.267 e. The van der Waals surface area contributed by atoms with E-state index in [1.165, 1.54) is 0 Å². The summed E-state index contributed by atoms with van der Waals surface area (Å²) in [5.74, 6) is -0.182. The van der Waals surface area contributed by atoms with Crippen LogP contribution in [0.2, 0.25) is 5.02 Å². The summed E-state index contributed by atoms with van der Waals surface area (Å²) >= 11 is 5.65. The molecule has 0 radical (unpaired) electrons. The molecule has 0 aliphatic carbocycles. The van der Waals surface area contributed by atoms with Crippen molar-refractivity contribution < 1.29 is 4.79 Å². The third-order valence-electron chi connectivity index (χ3n) is 1.58. The molecule has 1 rings (SSSR count). The first kappa shape index (κ1) is 10.8. The van der Waals surface area contributed by atoms with Crippen LogP contribution in [0.15, 0.2) is 24.4 Å². The summed E-state index contributed by atoms with van der Waals surface area (Å²) in [6.45, 7) is 0.941. The molecule has 14 heavy (non-hydrogen) atoms. The van der Waals surface area contributed by atoms with Crippen molar-refractivity contribution in [2.75, 3.05) is 13.1 Å². The number of hydrogen-bond acceptors (Lipinski definition) is 2. The SMILES string of the molecule is NC/C=C/CNC(=O)c1cc(Cl)c[nH]1. The van der Waals surface area contributed by atoms with Crippen LogP contribution in [0.1, 0.15) is 10.5 Å². The molecule has 0 spiro atoms. The average Bonchev–Trinajstić information content (AvgIpc) is 2.59. The normalized spacial score (nSPS) is 10.7. The number of carbonyl (C=O) groups is 1. The Labute approximate surface area is 87.1 Å². The van der Waals surface area contributed by atoms with Crippen molar-refractivity contribution in [2.24, 2.45) is 5.73 Å². The predicted molar refractivity (Wildman–Crippen MR) is 56.3 cm³/mol. The van der Waals surface area contributed by atoms with E-state index in [0.29, 0.717) is 23.8 Å². The van der Waals surface area contributed by atoms with Crippen LogP contribution < -0.4 is 11.1 Å². The second kappa shape index (κ2) is 5.47. The molecule has 0 unspecified atom stereocenters. The fraction of sp³-hybridized carbons (Fsp3) is 0.222. The number of aromatic nitrogens is 1. The number of aromatic amines is 1. The van der Waals surface area contributed by atoms with Gasteiger partial charge in [0, 0.05) is 19.3 Å². The van der Waals surface area contributed by atoms with Gasteiger partial charge < -0.3 is 16.0 Å². The number of halogens is 1. The molecular weight excluding hydrogens is 202 g/mol. The van der Waals surface area contributed by atoms with E-state index in [4.69, 9.17) is 17.3 Å². The number of nitrogens with two attached hydrogens (primary N) is 1. The van der Waals surface area contributed by atoms with Gasteiger partial charge in [-0.1, -0.05) is 23.8 Å². The maximum Gasteiger partial charge on any atom is 0.267 e. The Hall–Kier alpha value is -1.26. The maximum atomic E-state index is 11.4. The van der Waals surface area contributed by atoms with Crippen molar-refractivity contribution in [3.63, 3.8) is 0 Å². The highest BCUT2D eigenvalue weighted by atomic mass is 35.5. The van der Waals surface area contributed by atoms with Crippen molar-refractivity contribution in [2.45, 2.75) is 0 Å². The monoisotopic (exact) mass is 213 g/mol. The lowest BCUT2D eigenvalue weighted by molar-refractivity contribution is 0.0953. The fourth-order valence-corrected chi connectivity index (χ4v) is 1.09. The number of rotatable bonds is 4. The van der Waals surface area contributed by atoms with E-state index < -0.39 is 0 Å². The summed E-state index contributed by atoms with van der Waals surface area (Å²) in [5, 5.41) is 3.20. The van der Waals surface area contributed by atoms with Crippen LogP contribution in [0.3, 0.4) is 0 Å². The van der Waals surface area contributed by atoms with Crippen LogP contribution in [0.5, 0.6) is 0 Å². The maximum absolute atomic E-state index is 11.4. The molecular formula is C9H12ClN3O. The predicted octanol–water partition coefficient (Wildman–Crippen LogP) is 0.913. The van der Waals surface area contributed by atoms with Crippen LogP contribution in [0, 0.1) is 0 Å². The molecule has 0 atom stereocenters. The quantitative estimate of drug-likeness (QED) is 0.651. The standard InChI is InChI=1S/C9H12ClN3O/c10-7-5-8(13-6-7)9(14)12-4-2-1-3-11/h1-2,5-6,13H,3-4,11H2,(H,12,14)/b2-1+. The minimum absolute atomic E-state index is 0.182. The third-order valence-corrected chi connectivity index (χ3v) is 1.79. The second-order valence-electron chi connectivity index (χ2n) is 2.65. The first-order valence-electron chi connectivity index (χ1n) is 4.21. The summed E-state index contributed by atoms with van der Waals surface area (Å²) in [6, 6.07) is 1.57. The van der Waals surface area contributed by atoms with E-state index in [0.717, 1.165) is 0 Å². The molecule has 1 aromatic heterocycles. The van der Waals surface area contributed by atoms with E-state index in [2.05, 4.69) is 10.3 Å². The zero-order valence-corrected chi connectivity index (χ0v) is 8.34. The van der Waals surface area contributed by atoms with Crippen LogP contribution in [0.25, 0.3) is 0 Å². The zero-order valence-electron chi connectivity index (χ0n) is 7.59. The van der Waals surface area contributed by atoms with Crippen LogP contribution in [0.4, 0.5) is 0 Å². The van der Waals surface area contributed by atoms with Gasteiger partial charge in [0.15, 0.2) is 0 Å². The molecule has 0 aliphatic rings. The van der Waals surface area contributed by atoms with Crippen LogP contribution in [-0.2, 0) is 0 Å². The van der Waals surface area contributed by atoms with Gasteiger partial charge in [0.25, 0.3) is 5.91 Å². The Balaban J connectivity index is 2.39. The zero-order chi connectivity index (χ0) is 10.4. The summed E-state index contributed by atoms with van der Waals surface area (Å²) in [6.07, 6.45) is 5.14. The highest BCUT2D eigenvalue weighted by Crippen LogP contribution is 2.08. The summed E-state index contributed by atoms with van der Waals surface area (Å²) in [7, 11) is 0. The van der Waals surface area contributed by atoms with Crippen molar-refractivity contribution in [3.05, 3.63) is 35.1 Å². The number of nitrogens with one attached hydrogen (secondary N) is 2. The van der Waals surface area contributed by atoms with Gasteiger partial charge >= 0.3 is 0 Å². The topological polar surface area (TPSA) is 70.9 Å². The van der Waals surface area contributed by atoms with E-state index in [1.54, 1.807) is 24.4 Å². The molecule has 1 aromatic rings. The van der Waals surface area contributed by atoms with Gasteiger partial charge in [0.2, 0.25) is 0 Å². The fourth-order valence-electron chi connectivity index (χ4n) is 0.925. The molecule has 76 valence electrons. The van der Waals surface area contributed by atoms with Crippen LogP contribution >= 0.6 is 11.6 Å². The molecule has 0 aromatic carbocycles. The Kier molecular flexibility index (Phi) is 4.22. The van der Waals surface area contributed by atoms with E-state index >= 15 is 0 Å². The Morgan fingerprint density at radius 3 is 3.00 bits per heavy atom. The molecule has 0 bridgehead atoms. The molecule has 1 heterocycles. The first-order chi connectivity index (χ1) is 6.74. The molecule has 0 saturated carbocycles. The molecule has 4 nitrogen and oxygen atoms in total. The van der Waals surface area contributed by atoms with Crippen molar-refractivity contribution in [1.82, 2.24) is 10.3 Å². The Bertz CT molecular complexity index is 333. The molecule has 0 fully saturated rings. The molecule has 4 N–H and O–H groups in total. The number of carbonyl (C=O) groups excluding carboxylic acids is 1. The minimum Gasteiger partial charge on any atom is -0.356 e. The number of hydrogen-bond donors (Lipinski definition) is 3. The van der Waals surface area contributed by atoms with E-state index in [9.17, 15) is 4.79 Å². The van der Waals surface area contributed by atoms with Gasteiger partial charge in [-0.05, 0) is 6.07 Å². The van der Waals surface area contributed by atoms with Gasteiger partial charge in [-0.15, -0.1) is 0 Å². The Morgan fingerprint density at radius 2 is 2.43 bits per heavy atom. The lowest BCUT2D eigenvalue weighted by Gasteiger charge is -1.98. The summed E-state index contributed by atoms with van der Waals surface area (Å²) in [4.78, 5) is 14.1. The van der Waals surface area contributed by atoms with Crippen molar-refractivity contribution >= 4 is 17.5 Å². The molecule has 0 aliphatic heterocycles. The van der Waals surface area contributed by atoms with Crippen molar-refractivity contribution in [1.29, 1.82) is 0 Å². The van der Waals surface area contributed by atoms with Crippen molar-refractivity contribution in [3.8, 4) is 0 Å². The highest BCUT2D eigenvalue weighted by Gasteiger charge is 2.05. The lowest BCUT2D eigenvalue weighted by Crippen LogP contribution is -2.23. The summed E-state index contributed by atoms with van der Waals surface area (Å²) in [5.41, 5.74) is 5.69. The van der Waals surface area contributed by atoms with Gasteiger partial charge in [-0.2, -0.15) is 0 Å². The number of H-pyrrole nitrogens is 1. The highest BCUT2D eigenvalue weighted by molar-refractivity contribution is 6.30. The Morgan fingerprint density at radius 1 is 1.64 bits per heavy atom. The van der Waals surface area contributed by atoms with Crippen LogP contribution in [-0.4, -0.2) is 24.0 Å². The number of amides is 1. The first-order valence-corrected chi connectivity index (χ1v) is 4.59. The van der Waals surface area contributed by atoms with Gasteiger partial charge in [0.1, 0.15) is 5.69 Å². The molecule has 1 amide bonds. The lowest BCUT2D eigenvalue weighted by atomic mass is 10.4. The second-order valence-corrected chi connectivity index (χ2v) is 3.09. The van der Waals surface area contributed by atoms with Gasteiger partial charge in [0.05, 0.1) is 5.02 Å². The average molecular weight is 214 g/mol. The third kappa shape index (κ3) is 3.24. The van der Waals surface area contributed by atoms with E-state index in [-0.39, 0.29) is 5.91 Å².